The second-order valence-corrected chi connectivity index (χ2v) is 2.61. The van der Waals surface area contributed by atoms with Gasteiger partial charge in [0.2, 0.25) is 0 Å². The summed E-state index contributed by atoms with van der Waals surface area (Å²) in [5, 5.41) is 2.66. The highest BCUT2D eigenvalue weighted by atomic mass is 16.6. The number of esters is 2. The van der Waals surface area contributed by atoms with Crippen molar-refractivity contribution in [2.75, 3.05) is 6.73 Å². The van der Waals surface area contributed by atoms with Gasteiger partial charge in [0, 0.05) is 0 Å². The van der Waals surface area contributed by atoms with Crippen molar-refractivity contribution in [3.63, 3.8) is 0 Å². The van der Waals surface area contributed by atoms with E-state index in [9.17, 15) is 14.4 Å². The van der Waals surface area contributed by atoms with Gasteiger partial charge in [0.1, 0.15) is 12.8 Å². The second kappa shape index (κ2) is 3.99. The summed E-state index contributed by atoms with van der Waals surface area (Å²) in [6, 6.07) is -0.715. The summed E-state index contributed by atoms with van der Waals surface area (Å²) in [4.78, 5) is 31.8. The number of carbonyl (C=O) groups excluding carboxylic acids is 3. The molecule has 6 heteroatoms. The Bertz CT molecular complexity index is 239. The van der Waals surface area contributed by atoms with Crippen molar-refractivity contribution in [1.29, 1.82) is 0 Å². The molecule has 1 fully saturated rings. The van der Waals surface area contributed by atoms with Crippen molar-refractivity contribution in [3.05, 3.63) is 0 Å². The number of hydrogen-bond acceptors (Lipinski definition) is 6. The zero-order valence-electron chi connectivity index (χ0n) is 6.98. The predicted octanol–water partition coefficient (Wildman–Crippen LogP) is -1.21. The lowest BCUT2D eigenvalue weighted by molar-refractivity contribution is -0.157. The van der Waals surface area contributed by atoms with Crippen LogP contribution in [0.5, 0.6) is 0 Å². The van der Waals surface area contributed by atoms with Crippen LogP contribution >= 0.6 is 0 Å². The third-order valence-electron chi connectivity index (χ3n) is 1.81. The highest BCUT2D eigenvalue weighted by molar-refractivity contribution is 5.87. The first-order valence-electron chi connectivity index (χ1n) is 3.71. The summed E-state index contributed by atoms with van der Waals surface area (Å²) in [5.74, 6) is -1.97. The average molecular weight is 187 g/mol. The van der Waals surface area contributed by atoms with E-state index >= 15 is 0 Å². The van der Waals surface area contributed by atoms with Crippen LogP contribution < -0.4 is 5.32 Å². The number of ether oxygens (including phenoxy) is 2. The molecule has 6 nitrogen and oxygen atoms in total. The molecular formula is C7H9NO5. The Morgan fingerprint density at radius 2 is 2.54 bits per heavy atom. The number of carbonyl (C=O) groups is 3. The molecule has 1 aliphatic heterocycles. The minimum absolute atomic E-state index is 0.0408. The fraction of sp³-hybridized carbons (Fsp3) is 0.571. The predicted molar refractivity (Wildman–Crippen MR) is 39.2 cm³/mol. The molecule has 1 heterocycles. The van der Waals surface area contributed by atoms with E-state index in [0.29, 0.717) is 0 Å². The van der Waals surface area contributed by atoms with Crippen molar-refractivity contribution in [2.45, 2.75) is 13.0 Å². The van der Waals surface area contributed by atoms with Crippen LogP contribution in [0.3, 0.4) is 0 Å². The van der Waals surface area contributed by atoms with Gasteiger partial charge in [-0.05, 0) is 6.92 Å². The molecule has 0 saturated carbocycles. The van der Waals surface area contributed by atoms with Crippen molar-refractivity contribution < 1.29 is 23.9 Å². The summed E-state index contributed by atoms with van der Waals surface area (Å²) < 4.78 is 8.67. The summed E-state index contributed by atoms with van der Waals surface area (Å²) in [7, 11) is 0. The van der Waals surface area contributed by atoms with E-state index in [1.54, 1.807) is 0 Å². The maximum Gasteiger partial charge on any atom is 0.325 e. The zero-order valence-corrected chi connectivity index (χ0v) is 6.98. The summed E-state index contributed by atoms with van der Waals surface area (Å²) in [6.45, 7) is 1.61. The van der Waals surface area contributed by atoms with Gasteiger partial charge in [-0.15, -0.1) is 0 Å². The molecule has 0 spiro atoms. The third kappa shape index (κ3) is 2.03. The molecule has 1 aliphatic rings. The molecule has 0 bridgehead atoms. The number of hydrogen-bond donors (Lipinski definition) is 1. The van der Waals surface area contributed by atoms with Gasteiger partial charge < -0.3 is 9.47 Å². The van der Waals surface area contributed by atoms with Crippen molar-refractivity contribution >= 4 is 18.4 Å². The molecule has 0 aromatic carbocycles. The van der Waals surface area contributed by atoms with Crippen LogP contribution in [0.2, 0.25) is 0 Å². The number of cyclic esters (lactones) is 1. The van der Waals surface area contributed by atoms with Crippen molar-refractivity contribution in [3.8, 4) is 0 Å². The molecule has 72 valence electrons. The maximum atomic E-state index is 11.0. The maximum absolute atomic E-state index is 11.0. The summed E-state index contributed by atoms with van der Waals surface area (Å²) in [5.41, 5.74) is 0. The van der Waals surface area contributed by atoms with E-state index in [2.05, 4.69) is 14.8 Å². The van der Waals surface area contributed by atoms with Gasteiger partial charge in [0.15, 0.2) is 0 Å². The molecule has 0 amide bonds. The Hall–Kier alpha value is -1.43. The summed E-state index contributed by atoms with van der Waals surface area (Å²) in [6.07, 6.45) is 0. The van der Waals surface area contributed by atoms with E-state index in [1.165, 1.54) is 6.92 Å². The topological polar surface area (TPSA) is 81.7 Å². The molecule has 0 aromatic heterocycles. The molecule has 13 heavy (non-hydrogen) atoms. The molecule has 0 aliphatic carbocycles. The summed E-state index contributed by atoms with van der Waals surface area (Å²) >= 11 is 0. The highest BCUT2D eigenvalue weighted by Gasteiger charge is 2.36. The molecule has 1 N–H and O–H groups in total. The van der Waals surface area contributed by atoms with Gasteiger partial charge in [-0.25, -0.2) is 0 Å². The van der Waals surface area contributed by atoms with Crippen LogP contribution in [-0.4, -0.2) is 31.2 Å². The lowest BCUT2D eigenvalue weighted by Crippen LogP contribution is -2.39. The van der Waals surface area contributed by atoms with Crippen molar-refractivity contribution in [1.82, 2.24) is 5.32 Å². The first kappa shape index (κ1) is 9.66. The quantitative estimate of drug-likeness (QED) is 0.339. The Morgan fingerprint density at radius 3 is 3.00 bits per heavy atom. The van der Waals surface area contributed by atoms with E-state index in [1.807, 2.05) is 0 Å². The van der Waals surface area contributed by atoms with E-state index in [-0.39, 0.29) is 13.2 Å². The Balaban J connectivity index is 2.55. The number of rotatable bonds is 3. The van der Waals surface area contributed by atoms with Gasteiger partial charge in [-0.1, -0.05) is 0 Å². The molecule has 1 rings (SSSR count). The Kier molecular flexibility index (Phi) is 2.97. The van der Waals surface area contributed by atoms with E-state index in [0.717, 1.165) is 0 Å². The van der Waals surface area contributed by atoms with Gasteiger partial charge in [0.25, 0.3) is 0 Å². The molecular weight excluding hydrogens is 178 g/mol. The normalized spacial score (nSPS) is 23.5. The van der Waals surface area contributed by atoms with Crippen LogP contribution in [-0.2, 0) is 23.9 Å². The highest BCUT2D eigenvalue weighted by Crippen LogP contribution is 2.10. The molecule has 0 radical (unpaired) electrons. The lowest BCUT2D eigenvalue weighted by Gasteiger charge is -2.11. The smallest absolute Gasteiger partial charge is 0.325 e. The van der Waals surface area contributed by atoms with Crippen molar-refractivity contribution in [2.24, 2.45) is 5.92 Å². The third-order valence-corrected chi connectivity index (χ3v) is 1.81. The van der Waals surface area contributed by atoms with Crippen LogP contribution in [0.15, 0.2) is 0 Å². The number of nitrogens with one attached hydrogen (secondary N) is 1. The second-order valence-electron chi connectivity index (χ2n) is 2.61. The minimum Gasteiger partial charge on any atom is -0.449 e. The average Bonchev–Trinajstić information content (AvgIpc) is 2.50. The lowest BCUT2D eigenvalue weighted by atomic mass is 10.0. The van der Waals surface area contributed by atoms with Gasteiger partial charge in [-0.3, -0.25) is 19.7 Å². The standard InChI is InChI=1S/C7H9NO5/c1-4(6(10)13-3-9)5-7(11)12-2-8-5/h3-5,8H,2H2,1H3. The molecule has 1 saturated heterocycles. The van der Waals surface area contributed by atoms with Crippen LogP contribution in [0.4, 0.5) is 0 Å². The monoisotopic (exact) mass is 187 g/mol. The molecule has 2 unspecified atom stereocenters. The van der Waals surface area contributed by atoms with Gasteiger partial charge in [0.05, 0.1) is 5.92 Å². The fourth-order valence-electron chi connectivity index (χ4n) is 1.05. The Morgan fingerprint density at radius 1 is 1.85 bits per heavy atom. The molecule has 0 aromatic rings. The first-order valence-corrected chi connectivity index (χ1v) is 3.71. The van der Waals surface area contributed by atoms with Crippen LogP contribution in [0.25, 0.3) is 0 Å². The van der Waals surface area contributed by atoms with Crippen LogP contribution in [0, 0.1) is 5.92 Å². The minimum atomic E-state index is -0.744. The largest absolute Gasteiger partial charge is 0.449 e. The van der Waals surface area contributed by atoms with Gasteiger partial charge >= 0.3 is 18.4 Å². The molecule has 2 atom stereocenters. The SMILES string of the molecule is CC(C(=O)OC=O)C1NCOC1=O. The van der Waals surface area contributed by atoms with Crippen LogP contribution in [0.1, 0.15) is 6.92 Å². The fourth-order valence-corrected chi connectivity index (χ4v) is 1.05. The zero-order chi connectivity index (χ0) is 9.84. The first-order chi connectivity index (χ1) is 6.16. The van der Waals surface area contributed by atoms with E-state index in [4.69, 9.17) is 0 Å². The van der Waals surface area contributed by atoms with Gasteiger partial charge in [-0.2, -0.15) is 0 Å². The Labute approximate surface area is 74.2 Å². The van der Waals surface area contributed by atoms with E-state index < -0.39 is 23.9 Å².